The van der Waals surface area contributed by atoms with Crippen LogP contribution in [0.5, 0.6) is 5.75 Å². The van der Waals surface area contributed by atoms with Gasteiger partial charge in [-0.1, -0.05) is 23.7 Å². The fourth-order valence-electron chi connectivity index (χ4n) is 1.42. The highest BCUT2D eigenvalue weighted by atomic mass is 79.9. The van der Waals surface area contributed by atoms with Gasteiger partial charge in [-0.15, -0.1) is 0 Å². The maximum Gasteiger partial charge on any atom is 0.133 e. The first-order chi connectivity index (χ1) is 8.16. The summed E-state index contributed by atoms with van der Waals surface area (Å²) in [6.07, 6.45) is 0. The van der Waals surface area contributed by atoms with E-state index >= 15 is 0 Å². The third-order valence-electron chi connectivity index (χ3n) is 2.29. The number of hydrogen-bond acceptors (Lipinski definition) is 2. The molecule has 0 aliphatic heterocycles. The molecule has 4 heteroatoms. The van der Waals surface area contributed by atoms with Crippen LogP contribution in [0.1, 0.15) is 5.56 Å². The minimum Gasteiger partial charge on any atom is -0.488 e. The van der Waals surface area contributed by atoms with Gasteiger partial charge in [-0.3, -0.25) is 0 Å². The number of ether oxygens (including phenoxy) is 1. The highest BCUT2D eigenvalue weighted by Crippen LogP contribution is 2.26. The summed E-state index contributed by atoms with van der Waals surface area (Å²) in [5, 5.41) is 0.659. The van der Waals surface area contributed by atoms with Gasteiger partial charge < -0.3 is 10.5 Å². The summed E-state index contributed by atoms with van der Waals surface area (Å²) < 4.78 is 6.59. The molecule has 2 aromatic carbocycles. The van der Waals surface area contributed by atoms with Crippen LogP contribution in [0.25, 0.3) is 0 Å². The summed E-state index contributed by atoms with van der Waals surface area (Å²) in [5.74, 6) is 0.783. The predicted molar refractivity (Wildman–Crippen MR) is 74.3 cm³/mol. The number of nitrogens with two attached hydrogens (primary N) is 1. The lowest BCUT2D eigenvalue weighted by Gasteiger charge is -2.09. The monoisotopic (exact) mass is 311 g/mol. The average Bonchev–Trinajstić information content (AvgIpc) is 2.32. The van der Waals surface area contributed by atoms with Crippen molar-refractivity contribution in [3.63, 3.8) is 0 Å². The Kier molecular flexibility index (Phi) is 3.92. The summed E-state index contributed by atoms with van der Waals surface area (Å²) in [4.78, 5) is 0. The molecule has 0 aliphatic rings. The van der Waals surface area contributed by atoms with Gasteiger partial charge in [0.2, 0.25) is 0 Å². The summed E-state index contributed by atoms with van der Waals surface area (Å²) in [5.41, 5.74) is 7.26. The Morgan fingerprint density at radius 3 is 2.71 bits per heavy atom. The highest BCUT2D eigenvalue weighted by molar-refractivity contribution is 9.10. The Labute approximate surface area is 113 Å². The molecule has 2 aromatic rings. The molecule has 0 saturated heterocycles. The molecule has 2 nitrogen and oxygen atoms in total. The van der Waals surface area contributed by atoms with Crippen LogP contribution in [0.2, 0.25) is 5.02 Å². The average molecular weight is 313 g/mol. The summed E-state index contributed by atoms with van der Waals surface area (Å²) in [7, 11) is 0. The van der Waals surface area contributed by atoms with Crippen molar-refractivity contribution >= 4 is 33.2 Å². The molecule has 0 amide bonds. The largest absolute Gasteiger partial charge is 0.488 e. The van der Waals surface area contributed by atoms with E-state index in [0.717, 1.165) is 15.8 Å². The number of para-hydroxylation sites is 1. The number of rotatable bonds is 3. The van der Waals surface area contributed by atoms with Gasteiger partial charge in [0.15, 0.2) is 0 Å². The van der Waals surface area contributed by atoms with Gasteiger partial charge in [-0.05, 0) is 46.3 Å². The number of halogens is 2. The second-order valence-electron chi connectivity index (χ2n) is 3.57. The lowest BCUT2D eigenvalue weighted by atomic mass is 10.2. The third-order valence-corrected chi connectivity index (χ3v) is 3.31. The molecule has 17 heavy (non-hydrogen) atoms. The molecule has 0 heterocycles. The van der Waals surface area contributed by atoms with Crippen LogP contribution in [0.3, 0.4) is 0 Å². The lowest BCUT2D eigenvalue weighted by Crippen LogP contribution is -1.98. The molecule has 0 saturated carbocycles. The molecule has 88 valence electrons. The Hall–Kier alpha value is -1.19. The van der Waals surface area contributed by atoms with Crippen molar-refractivity contribution < 1.29 is 4.74 Å². The molecule has 0 atom stereocenters. The fraction of sp³-hybridized carbons (Fsp3) is 0.0769. The van der Waals surface area contributed by atoms with Crippen molar-refractivity contribution in [1.29, 1.82) is 0 Å². The maximum atomic E-state index is 6.05. The van der Waals surface area contributed by atoms with Crippen molar-refractivity contribution in [2.75, 3.05) is 5.73 Å². The standard InChI is InChI=1S/C13H11BrClNO/c14-11-3-1-2-4-13(11)17-8-9-7-10(16)5-6-12(9)15/h1-7H,8,16H2. The zero-order valence-corrected chi connectivity index (χ0v) is 11.3. The topological polar surface area (TPSA) is 35.2 Å². The summed E-state index contributed by atoms with van der Waals surface area (Å²) in [6, 6.07) is 13.0. The number of benzene rings is 2. The SMILES string of the molecule is Nc1ccc(Cl)c(COc2ccccc2Br)c1. The van der Waals surface area contributed by atoms with E-state index in [9.17, 15) is 0 Å². The van der Waals surface area contributed by atoms with Gasteiger partial charge in [-0.2, -0.15) is 0 Å². The molecule has 2 N–H and O–H groups in total. The zero-order chi connectivity index (χ0) is 12.3. The highest BCUT2D eigenvalue weighted by Gasteiger charge is 2.04. The van der Waals surface area contributed by atoms with Crippen molar-refractivity contribution in [2.24, 2.45) is 0 Å². The van der Waals surface area contributed by atoms with E-state index in [4.69, 9.17) is 22.1 Å². The van der Waals surface area contributed by atoms with Crippen LogP contribution in [0, 0.1) is 0 Å². The molecular weight excluding hydrogens is 302 g/mol. The van der Waals surface area contributed by atoms with Crippen LogP contribution in [0.15, 0.2) is 46.9 Å². The molecule has 0 bridgehead atoms. The first kappa shape index (κ1) is 12.3. The molecular formula is C13H11BrClNO. The van der Waals surface area contributed by atoms with E-state index in [1.165, 1.54) is 0 Å². The molecule has 0 aromatic heterocycles. The fourth-order valence-corrected chi connectivity index (χ4v) is 1.99. The summed E-state index contributed by atoms with van der Waals surface area (Å²) in [6.45, 7) is 0.395. The minimum absolute atomic E-state index is 0.395. The maximum absolute atomic E-state index is 6.05. The second-order valence-corrected chi connectivity index (χ2v) is 4.83. The van der Waals surface area contributed by atoms with Gasteiger partial charge in [0.25, 0.3) is 0 Å². The van der Waals surface area contributed by atoms with Gasteiger partial charge in [0.05, 0.1) is 4.47 Å². The van der Waals surface area contributed by atoms with Crippen molar-refractivity contribution in [3.8, 4) is 5.75 Å². The Morgan fingerprint density at radius 1 is 1.18 bits per heavy atom. The van der Waals surface area contributed by atoms with E-state index in [1.807, 2.05) is 30.3 Å². The molecule has 0 aliphatic carbocycles. The Morgan fingerprint density at radius 2 is 1.94 bits per heavy atom. The molecule has 0 radical (unpaired) electrons. The lowest BCUT2D eigenvalue weighted by molar-refractivity contribution is 0.304. The minimum atomic E-state index is 0.395. The normalized spacial score (nSPS) is 10.2. The van der Waals surface area contributed by atoms with Gasteiger partial charge in [0, 0.05) is 16.3 Å². The number of hydrogen-bond donors (Lipinski definition) is 1. The first-order valence-electron chi connectivity index (χ1n) is 5.08. The van der Waals surface area contributed by atoms with E-state index < -0.39 is 0 Å². The van der Waals surface area contributed by atoms with Crippen molar-refractivity contribution in [2.45, 2.75) is 6.61 Å². The molecule has 0 fully saturated rings. The second kappa shape index (κ2) is 5.43. The predicted octanol–water partition coefficient (Wildman–Crippen LogP) is 4.26. The quantitative estimate of drug-likeness (QED) is 0.859. The van der Waals surface area contributed by atoms with Gasteiger partial charge in [0.1, 0.15) is 12.4 Å². The van der Waals surface area contributed by atoms with Crippen molar-refractivity contribution in [1.82, 2.24) is 0 Å². The van der Waals surface area contributed by atoms with Crippen molar-refractivity contribution in [3.05, 3.63) is 57.5 Å². The Balaban J connectivity index is 2.12. The number of anilines is 1. The van der Waals surface area contributed by atoms with E-state index in [-0.39, 0.29) is 0 Å². The zero-order valence-electron chi connectivity index (χ0n) is 8.99. The summed E-state index contributed by atoms with van der Waals surface area (Å²) >= 11 is 9.48. The smallest absolute Gasteiger partial charge is 0.133 e. The van der Waals surface area contributed by atoms with Crippen LogP contribution in [-0.4, -0.2) is 0 Å². The van der Waals surface area contributed by atoms with Crippen LogP contribution in [0.4, 0.5) is 5.69 Å². The van der Waals surface area contributed by atoms with Crippen LogP contribution < -0.4 is 10.5 Å². The van der Waals surface area contributed by atoms with Gasteiger partial charge >= 0.3 is 0 Å². The van der Waals surface area contributed by atoms with Crippen LogP contribution >= 0.6 is 27.5 Å². The van der Waals surface area contributed by atoms with E-state index in [0.29, 0.717) is 17.3 Å². The molecule has 0 unspecified atom stereocenters. The third kappa shape index (κ3) is 3.14. The Bertz CT molecular complexity index is 531. The number of nitrogen functional groups attached to an aromatic ring is 1. The van der Waals surface area contributed by atoms with E-state index in [1.54, 1.807) is 12.1 Å². The van der Waals surface area contributed by atoms with Gasteiger partial charge in [-0.25, -0.2) is 0 Å². The molecule has 0 spiro atoms. The van der Waals surface area contributed by atoms with Crippen LogP contribution in [-0.2, 0) is 6.61 Å². The van der Waals surface area contributed by atoms with E-state index in [2.05, 4.69) is 15.9 Å². The first-order valence-corrected chi connectivity index (χ1v) is 6.25. The molecule has 2 rings (SSSR count).